The van der Waals surface area contributed by atoms with Gasteiger partial charge in [-0.2, -0.15) is 5.10 Å². The van der Waals surface area contributed by atoms with E-state index >= 15 is 0 Å². The van der Waals surface area contributed by atoms with Crippen molar-refractivity contribution in [3.8, 4) is 28.6 Å². The van der Waals surface area contributed by atoms with Gasteiger partial charge >= 0.3 is 0 Å². The molecule has 9 heteroatoms. The first-order valence-electron chi connectivity index (χ1n) is 8.93. The lowest BCUT2D eigenvalue weighted by atomic mass is 10.1. The molecule has 0 atom stereocenters. The van der Waals surface area contributed by atoms with Gasteiger partial charge < -0.3 is 19.1 Å². The standard InChI is InChI=1S/C20H19BrN4O4/c1-27-12-5-6-18(28-2)14(8-12)16-9-17(24-23-16)20(26)25-10-13(11-25)29-19-15(21)4-3-7-22-19/h3-9,13H,10-11H2,1-2H3,(H,23,24). The summed E-state index contributed by atoms with van der Waals surface area (Å²) in [5.41, 5.74) is 1.75. The van der Waals surface area contributed by atoms with Gasteiger partial charge in [0.2, 0.25) is 5.88 Å². The Hall–Kier alpha value is -3.07. The topological polar surface area (TPSA) is 89.6 Å². The summed E-state index contributed by atoms with van der Waals surface area (Å²) in [6.45, 7) is 0.970. The molecule has 0 unspecified atom stereocenters. The van der Waals surface area contributed by atoms with Gasteiger partial charge in [-0.25, -0.2) is 4.98 Å². The van der Waals surface area contributed by atoms with E-state index < -0.39 is 0 Å². The van der Waals surface area contributed by atoms with Gasteiger partial charge in [-0.1, -0.05) is 0 Å². The van der Waals surface area contributed by atoms with Gasteiger partial charge in [0.1, 0.15) is 23.3 Å². The fourth-order valence-corrected chi connectivity index (χ4v) is 3.40. The lowest BCUT2D eigenvalue weighted by Crippen LogP contribution is -2.56. The molecule has 0 saturated carbocycles. The molecule has 0 spiro atoms. The molecule has 1 N–H and O–H groups in total. The zero-order chi connectivity index (χ0) is 20.4. The summed E-state index contributed by atoms with van der Waals surface area (Å²) in [5.74, 6) is 1.72. The van der Waals surface area contributed by atoms with E-state index in [-0.39, 0.29) is 12.0 Å². The third kappa shape index (κ3) is 3.91. The molecule has 1 fully saturated rings. The van der Waals surface area contributed by atoms with Gasteiger partial charge in [0.05, 0.1) is 37.5 Å². The number of hydrogen-bond acceptors (Lipinski definition) is 6. The number of amides is 1. The average molecular weight is 459 g/mol. The minimum Gasteiger partial charge on any atom is -0.497 e. The third-order valence-electron chi connectivity index (χ3n) is 4.63. The van der Waals surface area contributed by atoms with Crippen molar-refractivity contribution in [1.82, 2.24) is 20.1 Å². The van der Waals surface area contributed by atoms with Crippen LogP contribution in [0.1, 0.15) is 10.5 Å². The van der Waals surface area contributed by atoms with Crippen LogP contribution in [-0.4, -0.2) is 59.4 Å². The highest BCUT2D eigenvalue weighted by Crippen LogP contribution is 2.33. The molecule has 150 valence electrons. The molecule has 2 aromatic heterocycles. The molecule has 3 heterocycles. The number of methoxy groups -OCH3 is 2. The number of pyridine rings is 1. The van der Waals surface area contributed by atoms with Crippen molar-refractivity contribution in [2.45, 2.75) is 6.10 Å². The predicted octanol–water partition coefficient (Wildman–Crippen LogP) is 3.15. The van der Waals surface area contributed by atoms with Crippen molar-refractivity contribution in [3.63, 3.8) is 0 Å². The number of carbonyl (C=O) groups excluding carboxylic acids is 1. The lowest BCUT2D eigenvalue weighted by molar-refractivity contribution is 0.0152. The molecule has 1 amide bonds. The number of nitrogens with one attached hydrogen (secondary N) is 1. The summed E-state index contributed by atoms with van der Waals surface area (Å²) in [6, 6.07) is 10.8. The summed E-state index contributed by atoms with van der Waals surface area (Å²) in [7, 11) is 3.18. The van der Waals surface area contributed by atoms with Gasteiger partial charge in [-0.05, 0) is 52.3 Å². The second kappa shape index (κ2) is 8.12. The highest BCUT2D eigenvalue weighted by Gasteiger charge is 2.34. The van der Waals surface area contributed by atoms with Crippen LogP contribution in [0, 0.1) is 0 Å². The summed E-state index contributed by atoms with van der Waals surface area (Å²) >= 11 is 3.41. The quantitative estimate of drug-likeness (QED) is 0.609. The van der Waals surface area contributed by atoms with Gasteiger partial charge in [0.25, 0.3) is 5.91 Å². The number of carbonyl (C=O) groups is 1. The number of likely N-dealkylation sites (tertiary alicyclic amines) is 1. The molecule has 0 radical (unpaired) electrons. The molecular formula is C20H19BrN4O4. The van der Waals surface area contributed by atoms with Crippen LogP contribution in [0.2, 0.25) is 0 Å². The maximum atomic E-state index is 12.7. The van der Waals surface area contributed by atoms with E-state index in [0.717, 1.165) is 10.0 Å². The van der Waals surface area contributed by atoms with Crippen molar-refractivity contribution in [2.75, 3.05) is 27.3 Å². The van der Waals surface area contributed by atoms with Crippen LogP contribution in [-0.2, 0) is 0 Å². The van der Waals surface area contributed by atoms with Crippen LogP contribution in [0.15, 0.2) is 47.1 Å². The molecule has 3 aromatic rings. The van der Waals surface area contributed by atoms with Crippen LogP contribution in [0.4, 0.5) is 0 Å². The average Bonchev–Trinajstić information content (AvgIpc) is 3.20. The SMILES string of the molecule is COc1ccc(OC)c(-c2cc(C(=O)N3CC(Oc4ncccc4Br)C3)[nH]n2)c1. The molecule has 8 nitrogen and oxygen atoms in total. The lowest BCUT2D eigenvalue weighted by Gasteiger charge is -2.38. The largest absolute Gasteiger partial charge is 0.497 e. The van der Waals surface area contributed by atoms with Crippen molar-refractivity contribution < 1.29 is 19.0 Å². The number of hydrogen-bond donors (Lipinski definition) is 1. The van der Waals surface area contributed by atoms with Crippen molar-refractivity contribution in [1.29, 1.82) is 0 Å². The number of aromatic nitrogens is 3. The highest BCUT2D eigenvalue weighted by molar-refractivity contribution is 9.10. The number of ether oxygens (including phenoxy) is 3. The number of aromatic amines is 1. The zero-order valence-electron chi connectivity index (χ0n) is 15.9. The summed E-state index contributed by atoms with van der Waals surface area (Å²) in [5, 5.41) is 7.09. The van der Waals surface area contributed by atoms with Gasteiger partial charge in [0.15, 0.2) is 0 Å². The van der Waals surface area contributed by atoms with Crippen LogP contribution in [0.3, 0.4) is 0 Å². The number of rotatable bonds is 6. The maximum Gasteiger partial charge on any atom is 0.272 e. The first-order chi connectivity index (χ1) is 14.1. The summed E-state index contributed by atoms with van der Waals surface area (Å²) < 4.78 is 17.3. The minimum atomic E-state index is -0.134. The molecule has 0 bridgehead atoms. The Morgan fingerprint density at radius 2 is 2.03 bits per heavy atom. The Morgan fingerprint density at radius 1 is 1.21 bits per heavy atom. The fraction of sp³-hybridized carbons (Fsp3) is 0.250. The van der Waals surface area contributed by atoms with E-state index in [1.165, 1.54) is 0 Å². The molecule has 29 heavy (non-hydrogen) atoms. The second-order valence-electron chi connectivity index (χ2n) is 6.47. The van der Waals surface area contributed by atoms with E-state index in [1.807, 2.05) is 18.2 Å². The molecular weight excluding hydrogens is 440 g/mol. The van der Waals surface area contributed by atoms with Crippen LogP contribution >= 0.6 is 15.9 Å². The highest BCUT2D eigenvalue weighted by atomic mass is 79.9. The molecule has 4 rings (SSSR count). The van der Waals surface area contributed by atoms with Crippen LogP contribution in [0.25, 0.3) is 11.3 Å². The number of H-pyrrole nitrogens is 1. The van der Waals surface area contributed by atoms with Gasteiger partial charge in [-0.15, -0.1) is 0 Å². The molecule has 1 aromatic carbocycles. The smallest absolute Gasteiger partial charge is 0.272 e. The first-order valence-corrected chi connectivity index (χ1v) is 9.72. The van der Waals surface area contributed by atoms with Crippen LogP contribution in [0.5, 0.6) is 17.4 Å². The monoisotopic (exact) mass is 458 g/mol. The number of halogens is 1. The number of benzene rings is 1. The van der Waals surface area contributed by atoms with E-state index in [4.69, 9.17) is 14.2 Å². The Labute approximate surface area is 175 Å². The molecule has 1 saturated heterocycles. The van der Waals surface area contributed by atoms with E-state index in [9.17, 15) is 4.79 Å². The maximum absolute atomic E-state index is 12.7. The Morgan fingerprint density at radius 3 is 2.76 bits per heavy atom. The number of nitrogens with zero attached hydrogens (tertiary/aromatic N) is 3. The zero-order valence-corrected chi connectivity index (χ0v) is 17.5. The normalized spacial score (nSPS) is 13.7. The Balaban J connectivity index is 1.43. The van der Waals surface area contributed by atoms with Crippen molar-refractivity contribution >= 4 is 21.8 Å². The van der Waals surface area contributed by atoms with E-state index in [2.05, 4.69) is 31.1 Å². The Kier molecular flexibility index (Phi) is 5.39. The fourth-order valence-electron chi connectivity index (χ4n) is 3.05. The third-order valence-corrected chi connectivity index (χ3v) is 5.23. The molecule has 1 aliphatic heterocycles. The molecule has 1 aliphatic rings. The van der Waals surface area contributed by atoms with Gasteiger partial charge in [-0.3, -0.25) is 9.89 Å². The second-order valence-corrected chi connectivity index (χ2v) is 7.33. The van der Waals surface area contributed by atoms with E-state index in [0.29, 0.717) is 41.9 Å². The van der Waals surface area contributed by atoms with Crippen molar-refractivity contribution in [3.05, 3.63) is 52.8 Å². The summed E-state index contributed by atoms with van der Waals surface area (Å²) in [6.07, 6.45) is 1.58. The van der Waals surface area contributed by atoms with Gasteiger partial charge in [0, 0.05) is 11.8 Å². The summed E-state index contributed by atoms with van der Waals surface area (Å²) in [4.78, 5) is 18.6. The minimum absolute atomic E-state index is 0.0916. The first kappa shape index (κ1) is 19.3. The predicted molar refractivity (Wildman–Crippen MR) is 109 cm³/mol. The van der Waals surface area contributed by atoms with Crippen molar-refractivity contribution in [2.24, 2.45) is 0 Å². The van der Waals surface area contributed by atoms with E-state index in [1.54, 1.807) is 43.5 Å². The Bertz CT molecular complexity index is 1030. The van der Waals surface area contributed by atoms with Crippen LogP contribution < -0.4 is 14.2 Å². The molecule has 0 aliphatic carbocycles.